The van der Waals surface area contributed by atoms with Crippen LogP contribution >= 0.6 is 0 Å². The van der Waals surface area contributed by atoms with Crippen molar-refractivity contribution >= 4 is 16.8 Å². The average molecular weight is 205 g/mol. The van der Waals surface area contributed by atoms with E-state index in [0.29, 0.717) is 5.56 Å². The number of carbonyl (C=O) groups excluding carboxylic acids is 1. The molecule has 0 aliphatic heterocycles. The molecule has 0 aliphatic rings. The molecule has 0 unspecified atom stereocenters. The maximum absolute atomic E-state index is 11.5. The third kappa shape index (κ3) is 1.97. The number of hydrogen-bond acceptors (Lipinski definition) is 3. The Kier molecular flexibility index (Phi) is 2.64. The van der Waals surface area contributed by atoms with Gasteiger partial charge in [0, 0.05) is 17.5 Å². The summed E-state index contributed by atoms with van der Waals surface area (Å²) in [5.41, 5.74) is 1.38. The van der Waals surface area contributed by atoms with Gasteiger partial charge in [-0.25, -0.2) is 0 Å². The van der Waals surface area contributed by atoms with Crippen molar-refractivity contribution < 1.29 is 9.90 Å². The van der Waals surface area contributed by atoms with E-state index >= 15 is 0 Å². The number of amides is 1. The summed E-state index contributed by atoms with van der Waals surface area (Å²) in [6.45, 7) is 0.206. The lowest BCUT2D eigenvalue weighted by Gasteiger charge is -2.02. The predicted molar refractivity (Wildman–Crippen MR) is 55.5 cm³/mol. The molecule has 1 heterocycles. The van der Waals surface area contributed by atoms with Gasteiger partial charge < -0.3 is 10.4 Å². The molecule has 78 valence electrons. The second-order valence-electron chi connectivity index (χ2n) is 3.15. The monoisotopic (exact) mass is 205 g/mol. The quantitative estimate of drug-likeness (QED) is 0.673. The maximum Gasteiger partial charge on any atom is 0.251 e. The number of aromatic amines is 1. The molecule has 0 saturated heterocycles. The number of nitrogens with zero attached hydrogens (tertiary/aromatic N) is 1. The van der Waals surface area contributed by atoms with E-state index in [1.54, 1.807) is 18.3 Å². The van der Waals surface area contributed by atoms with Crippen molar-refractivity contribution in [3.63, 3.8) is 0 Å². The van der Waals surface area contributed by atoms with Crippen LogP contribution in [0.25, 0.3) is 10.9 Å². The first-order chi connectivity index (χ1) is 7.31. The van der Waals surface area contributed by atoms with Gasteiger partial charge in [0.2, 0.25) is 0 Å². The molecule has 1 aromatic heterocycles. The summed E-state index contributed by atoms with van der Waals surface area (Å²) in [6, 6.07) is 5.28. The topological polar surface area (TPSA) is 78.0 Å². The van der Waals surface area contributed by atoms with Gasteiger partial charge in [-0.15, -0.1) is 0 Å². The lowest BCUT2D eigenvalue weighted by molar-refractivity contribution is 0.0945. The molecule has 0 saturated carbocycles. The van der Waals surface area contributed by atoms with E-state index in [2.05, 4.69) is 15.5 Å². The van der Waals surface area contributed by atoms with Crippen LogP contribution in [0.5, 0.6) is 0 Å². The van der Waals surface area contributed by atoms with Gasteiger partial charge in [0.15, 0.2) is 0 Å². The Labute approximate surface area is 86.1 Å². The van der Waals surface area contributed by atoms with Crippen molar-refractivity contribution in [2.75, 3.05) is 13.2 Å². The van der Waals surface area contributed by atoms with Crippen LogP contribution in [-0.4, -0.2) is 34.4 Å². The molecule has 0 aliphatic carbocycles. The molecule has 5 heteroatoms. The van der Waals surface area contributed by atoms with Gasteiger partial charge in [-0.2, -0.15) is 5.10 Å². The molecule has 0 spiro atoms. The first-order valence-corrected chi connectivity index (χ1v) is 4.63. The maximum atomic E-state index is 11.5. The highest BCUT2D eigenvalue weighted by atomic mass is 16.3. The molecule has 0 bridgehead atoms. The highest BCUT2D eigenvalue weighted by Gasteiger charge is 2.05. The SMILES string of the molecule is O=C(NCCO)c1ccc2cn[nH]c2c1. The Balaban J connectivity index is 2.23. The van der Waals surface area contributed by atoms with Gasteiger partial charge in [-0.3, -0.25) is 9.89 Å². The Morgan fingerprint density at radius 1 is 1.53 bits per heavy atom. The van der Waals surface area contributed by atoms with Crippen molar-refractivity contribution in [3.05, 3.63) is 30.0 Å². The summed E-state index contributed by atoms with van der Waals surface area (Å²) >= 11 is 0. The van der Waals surface area contributed by atoms with Crippen LogP contribution in [0.15, 0.2) is 24.4 Å². The molecule has 0 fully saturated rings. The number of benzene rings is 1. The van der Waals surface area contributed by atoms with E-state index in [9.17, 15) is 4.79 Å². The second-order valence-corrected chi connectivity index (χ2v) is 3.15. The van der Waals surface area contributed by atoms with Crippen molar-refractivity contribution in [2.24, 2.45) is 0 Å². The number of nitrogens with one attached hydrogen (secondary N) is 2. The van der Waals surface area contributed by atoms with E-state index in [1.807, 2.05) is 6.07 Å². The largest absolute Gasteiger partial charge is 0.395 e. The van der Waals surface area contributed by atoms with Crippen LogP contribution in [0, 0.1) is 0 Å². The van der Waals surface area contributed by atoms with Crippen molar-refractivity contribution in [2.45, 2.75) is 0 Å². The molecular weight excluding hydrogens is 194 g/mol. The smallest absolute Gasteiger partial charge is 0.251 e. The Bertz CT molecular complexity index is 478. The fourth-order valence-electron chi connectivity index (χ4n) is 1.35. The van der Waals surface area contributed by atoms with Crippen molar-refractivity contribution in [1.82, 2.24) is 15.5 Å². The zero-order valence-corrected chi connectivity index (χ0v) is 8.03. The van der Waals surface area contributed by atoms with Gasteiger partial charge in [0.05, 0.1) is 18.3 Å². The number of hydrogen-bond donors (Lipinski definition) is 3. The van der Waals surface area contributed by atoms with E-state index in [1.165, 1.54) is 0 Å². The van der Waals surface area contributed by atoms with Crippen molar-refractivity contribution in [3.8, 4) is 0 Å². The molecule has 2 rings (SSSR count). The average Bonchev–Trinajstić information content (AvgIpc) is 2.72. The summed E-state index contributed by atoms with van der Waals surface area (Å²) in [7, 11) is 0. The minimum atomic E-state index is -0.194. The van der Waals surface area contributed by atoms with Crippen LogP contribution < -0.4 is 5.32 Å². The van der Waals surface area contributed by atoms with Crippen LogP contribution in [0.2, 0.25) is 0 Å². The van der Waals surface area contributed by atoms with Crippen LogP contribution in [-0.2, 0) is 0 Å². The lowest BCUT2D eigenvalue weighted by Crippen LogP contribution is -2.26. The number of fused-ring (bicyclic) bond motifs is 1. The van der Waals surface area contributed by atoms with E-state index < -0.39 is 0 Å². The zero-order chi connectivity index (χ0) is 10.7. The first kappa shape index (κ1) is 9.67. The summed E-state index contributed by atoms with van der Waals surface area (Å²) in [6.07, 6.45) is 1.70. The normalized spacial score (nSPS) is 10.5. The number of H-pyrrole nitrogens is 1. The number of aliphatic hydroxyl groups excluding tert-OH is 1. The molecule has 5 nitrogen and oxygen atoms in total. The molecule has 0 atom stereocenters. The number of carbonyl (C=O) groups is 1. The predicted octanol–water partition coefficient (Wildman–Crippen LogP) is 0.285. The minimum absolute atomic E-state index is 0.0575. The van der Waals surface area contributed by atoms with Gasteiger partial charge in [-0.05, 0) is 12.1 Å². The minimum Gasteiger partial charge on any atom is -0.395 e. The third-order valence-electron chi connectivity index (χ3n) is 2.10. The summed E-state index contributed by atoms with van der Waals surface area (Å²) in [5, 5.41) is 18.8. The van der Waals surface area contributed by atoms with Crippen LogP contribution in [0.1, 0.15) is 10.4 Å². The highest BCUT2D eigenvalue weighted by Crippen LogP contribution is 2.12. The van der Waals surface area contributed by atoms with Crippen LogP contribution in [0.3, 0.4) is 0 Å². The molecular formula is C10H11N3O2. The molecule has 2 aromatic rings. The number of aliphatic hydroxyl groups is 1. The fourth-order valence-corrected chi connectivity index (χ4v) is 1.35. The zero-order valence-electron chi connectivity index (χ0n) is 8.03. The summed E-state index contributed by atoms with van der Waals surface area (Å²) < 4.78 is 0. The van der Waals surface area contributed by atoms with Gasteiger partial charge in [0.1, 0.15) is 0 Å². The summed E-state index contributed by atoms with van der Waals surface area (Å²) in [5.74, 6) is -0.194. The first-order valence-electron chi connectivity index (χ1n) is 4.63. The number of rotatable bonds is 3. The second kappa shape index (κ2) is 4.10. The Hall–Kier alpha value is -1.88. The third-order valence-corrected chi connectivity index (χ3v) is 2.10. The van der Waals surface area contributed by atoms with Gasteiger partial charge in [0.25, 0.3) is 5.91 Å². The summed E-state index contributed by atoms with van der Waals surface area (Å²) in [4.78, 5) is 11.5. The standard InChI is InChI=1S/C10H11N3O2/c14-4-3-11-10(15)7-1-2-8-6-12-13-9(8)5-7/h1-2,5-6,14H,3-4H2,(H,11,15)(H,12,13). The molecule has 3 N–H and O–H groups in total. The fraction of sp³-hybridized carbons (Fsp3) is 0.200. The molecule has 1 aromatic carbocycles. The molecule has 0 radical (unpaired) electrons. The molecule has 1 amide bonds. The Morgan fingerprint density at radius 3 is 3.20 bits per heavy atom. The van der Waals surface area contributed by atoms with Gasteiger partial charge in [-0.1, -0.05) is 6.07 Å². The Morgan fingerprint density at radius 2 is 2.40 bits per heavy atom. The highest BCUT2D eigenvalue weighted by molar-refractivity contribution is 5.97. The van der Waals surface area contributed by atoms with Gasteiger partial charge >= 0.3 is 0 Å². The van der Waals surface area contributed by atoms with Crippen molar-refractivity contribution in [1.29, 1.82) is 0 Å². The van der Waals surface area contributed by atoms with E-state index in [4.69, 9.17) is 5.11 Å². The van der Waals surface area contributed by atoms with E-state index in [-0.39, 0.29) is 19.1 Å². The molecule has 15 heavy (non-hydrogen) atoms. The number of aromatic nitrogens is 2. The van der Waals surface area contributed by atoms with Crippen LogP contribution in [0.4, 0.5) is 0 Å². The lowest BCUT2D eigenvalue weighted by atomic mass is 10.1. The van der Waals surface area contributed by atoms with E-state index in [0.717, 1.165) is 10.9 Å².